The molecule has 2 aliphatic rings. The van der Waals surface area contributed by atoms with E-state index in [0.29, 0.717) is 31.3 Å². The maximum absolute atomic E-state index is 13.1. The van der Waals surface area contributed by atoms with Gasteiger partial charge in [0, 0.05) is 18.9 Å². The summed E-state index contributed by atoms with van der Waals surface area (Å²) in [6.07, 6.45) is 1.67. The summed E-state index contributed by atoms with van der Waals surface area (Å²) in [7, 11) is 3.26. The third-order valence-electron chi connectivity index (χ3n) is 6.03. The molecule has 0 radical (unpaired) electrons. The summed E-state index contributed by atoms with van der Waals surface area (Å²) in [6.45, 7) is 3.42. The molecule has 2 heterocycles. The maximum Gasteiger partial charge on any atom is 0.328 e. The highest BCUT2D eigenvalue weighted by Gasteiger charge is 2.37. The Morgan fingerprint density at radius 2 is 1.93 bits per heavy atom. The van der Waals surface area contributed by atoms with Crippen LogP contribution < -0.4 is 0 Å². The van der Waals surface area contributed by atoms with E-state index in [1.807, 2.05) is 48.3 Å². The number of amides is 1. The van der Waals surface area contributed by atoms with Gasteiger partial charge in [-0.25, -0.2) is 4.79 Å². The van der Waals surface area contributed by atoms with Crippen LogP contribution in [0.5, 0.6) is 0 Å². The van der Waals surface area contributed by atoms with Gasteiger partial charge in [0.2, 0.25) is 5.91 Å². The first kappa shape index (κ1) is 19.7. The molecule has 0 bridgehead atoms. The Morgan fingerprint density at radius 3 is 2.62 bits per heavy atom. The number of likely N-dealkylation sites (N-methyl/N-ethyl adjacent to an activating group) is 1. The van der Waals surface area contributed by atoms with E-state index in [4.69, 9.17) is 9.15 Å². The minimum Gasteiger partial charge on any atom is -0.467 e. The van der Waals surface area contributed by atoms with Crippen LogP contribution in [0.15, 0.2) is 40.8 Å². The average Bonchev–Trinajstić information content (AvgIpc) is 3.27. The predicted octanol–water partition coefficient (Wildman–Crippen LogP) is 2.96. The van der Waals surface area contributed by atoms with Gasteiger partial charge in [0.05, 0.1) is 20.2 Å². The first-order chi connectivity index (χ1) is 14.0. The summed E-state index contributed by atoms with van der Waals surface area (Å²) in [6, 6.07) is 11.4. The maximum atomic E-state index is 13.1. The lowest BCUT2D eigenvalue weighted by Crippen LogP contribution is -2.51. The van der Waals surface area contributed by atoms with E-state index >= 15 is 0 Å². The zero-order valence-electron chi connectivity index (χ0n) is 17.3. The minimum absolute atomic E-state index is 0.0833. The number of hydrogen-bond acceptors (Lipinski definition) is 5. The molecule has 1 fully saturated rings. The molecule has 0 saturated heterocycles. The zero-order valence-corrected chi connectivity index (χ0v) is 17.3. The Bertz CT molecular complexity index is 906. The molecule has 1 amide bonds. The smallest absolute Gasteiger partial charge is 0.328 e. The van der Waals surface area contributed by atoms with Gasteiger partial charge in [-0.1, -0.05) is 31.2 Å². The molecule has 1 aliphatic heterocycles. The third-order valence-corrected chi connectivity index (χ3v) is 6.03. The Kier molecular flexibility index (Phi) is 5.46. The first-order valence-corrected chi connectivity index (χ1v) is 10.2. The van der Waals surface area contributed by atoms with Gasteiger partial charge in [0.15, 0.2) is 0 Å². The lowest BCUT2D eigenvalue weighted by Gasteiger charge is -2.36. The molecule has 0 N–H and O–H groups in total. The second-order valence-electron chi connectivity index (χ2n) is 8.33. The van der Waals surface area contributed by atoms with Crippen LogP contribution in [0.4, 0.5) is 0 Å². The summed E-state index contributed by atoms with van der Waals surface area (Å²) in [4.78, 5) is 28.9. The van der Waals surface area contributed by atoms with Crippen LogP contribution in [0.3, 0.4) is 0 Å². The molecular formula is C23H28N2O4. The fourth-order valence-electron chi connectivity index (χ4n) is 4.17. The first-order valence-electron chi connectivity index (χ1n) is 10.2. The summed E-state index contributed by atoms with van der Waals surface area (Å²) < 4.78 is 10.9. The van der Waals surface area contributed by atoms with Crippen molar-refractivity contribution < 1.29 is 18.7 Å². The Morgan fingerprint density at radius 1 is 1.21 bits per heavy atom. The number of rotatable bonds is 6. The molecule has 3 atom stereocenters. The van der Waals surface area contributed by atoms with Crippen LogP contribution in [0.1, 0.15) is 41.9 Å². The van der Waals surface area contributed by atoms with Crippen LogP contribution in [-0.4, -0.2) is 48.4 Å². The Hall–Kier alpha value is -2.60. The number of fused-ring (bicyclic) bond motifs is 1. The predicted molar refractivity (Wildman–Crippen MR) is 108 cm³/mol. The van der Waals surface area contributed by atoms with Gasteiger partial charge < -0.3 is 14.1 Å². The van der Waals surface area contributed by atoms with Gasteiger partial charge in [-0.05, 0) is 42.6 Å². The van der Waals surface area contributed by atoms with Crippen LogP contribution >= 0.6 is 0 Å². The average molecular weight is 396 g/mol. The molecule has 2 aromatic rings. The van der Waals surface area contributed by atoms with Gasteiger partial charge in [-0.2, -0.15) is 0 Å². The number of hydrogen-bond donors (Lipinski definition) is 0. The van der Waals surface area contributed by atoms with Crippen LogP contribution in [-0.2, 0) is 33.8 Å². The van der Waals surface area contributed by atoms with Crippen molar-refractivity contribution in [2.24, 2.45) is 5.92 Å². The second-order valence-corrected chi connectivity index (χ2v) is 8.33. The lowest BCUT2D eigenvalue weighted by molar-refractivity contribution is -0.154. The molecule has 1 saturated carbocycles. The van der Waals surface area contributed by atoms with Crippen molar-refractivity contribution in [2.75, 3.05) is 20.7 Å². The van der Waals surface area contributed by atoms with E-state index in [-0.39, 0.29) is 18.4 Å². The molecule has 1 aromatic carbocycles. The van der Waals surface area contributed by atoms with Crippen molar-refractivity contribution in [3.05, 3.63) is 59.0 Å². The highest BCUT2D eigenvalue weighted by Crippen LogP contribution is 2.47. The molecule has 0 spiro atoms. The SMILES string of the molecule is COC(=O)[C@@H]1Cc2ccccc2CN1C(=O)CN(C)Cc1ccc([C@@H]2C[C@@H]2C)o1. The van der Waals surface area contributed by atoms with E-state index < -0.39 is 6.04 Å². The number of methoxy groups -OCH3 is 1. The summed E-state index contributed by atoms with van der Waals surface area (Å²) in [5.74, 6) is 2.70. The van der Waals surface area contributed by atoms with Gasteiger partial charge in [0.25, 0.3) is 0 Å². The molecule has 4 rings (SSSR count). The van der Waals surface area contributed by atoms with Crippen molar-refractivity contribution in [1.29, 1.82) is 0 Å². The molecular weight excluding hydrogens is 368 g/mol. The number of carbonyl (C=O) groups is 2. The fourth-order valence-corrected chi connectivity index (χ4v) is 4.17. The zero-order chi connectivity index (χ0) is 20.5. The highest BCUT2D eigenvalue weighted by molar-refractivity contribution is 5.86. The van der Waals surface area contributed by atoms with Gasteiger partial charge in [-0.3, -0.25) is 9.69 Å². The van der Waals surface area contributed by atoms with Crippen LogP contribution in [0.25, 0.3) is 0 Å². The molecule has 6 nitrogen and oxygen atoms in total. The number of esters is 1. The molecule has 0 unspecified atom stereocenters. The lowest BCUT2D eigenvalue weighted by atomic mass is 9.94. The van der Waals surface area contributed by atoms with Crippen LogP contribution in [0.2, 0.25) is 0 Å². The van der Waals surface area contributed by atoms with Gasteiger partial charge >= 0.3 is 5.97 Å². The van der Waals surface area contributed by atoms with Crippen molar-refractivity contribution in [2.45, 2.75) is 44.8 Å². The molecule has 6 heteroatoms. The Balaban J connectivity index is 1.41. The van der Waals surface area contributed by atoms with Crippen molar-refractivity contribution in [1.82, 2.24) is 9.80 Å². The largest absolute Gasteiger partial charge is 0.467 e. The van der Waals surface area contributed by atoms with Crippen LogP contribution in [0, 0.1) is 5.92 Å². The van der Waals surface area contributed by atoms with E-state index in [2.05, 4.69) is 6.92 Å². The molecule has 1 aliphatic carbocycles. The second kappa shape index (κ2) is 8.03. The number of carbonyl (C=O) groups excluding carboxylic acids is 2. The standard InChI is InChI=1S/C23H28N2O4/c1-15-10-19(15)21-9-8-18(29-21)13-24(2)14-22(26)25-12-17-7-5-4-6-16(17)11-20(25)23(27)28-3/h4-9,15,19-20H,10-14H2,1-3H3/t15-,19+,20-/m0/s1. The van der Waals surface area contributed by atoms with Gasteiger partial charge in [0.1, 0.15) is 17.6 Å². The van der Waals surface area contributed by atoms with E-state index in [0.717, 1.165) is 22.6 Å². The van der Waals surface area contributed by atoms with E-state index in [1.54, 1.807) is 4.90 Å². The summed E-state index contributed by atoms with van der Waals surface area (Å²) in [5.41, 5.74) is 2.18. The normalized spacial score (nSPS) is 23.0. The third kappa shape index (κ3) is 4.22. The number of benzene rings is 1. The highest BCUT2D eigenvalue weighted by atomic mass is 16.5. The van der Waals surface area contributed by atoms with Crippen molar-refractivity contribution in [3.8, 4) is 0 Å². The van der Waals surface area contributed by atoms with Crippen molar-refractivity contribution >= 4 is 11.9 Å². The molecule has 29 heavy (non-hydrogen) atoms. The minimum atomic E-state index is -0.581. The van der Waals surface area contributed by atoms with E-state index in [1.165, 1.54) is 13.5 Å². The Labute approximate surface area is 171 Å². The molecule has 154 valence electrons. The quantitative estimate of drug-likeness (QED) is 0.703. The van der Waals surface area contributed by atoms with Crippen molar-refractivity contribution in [3.63, 3.8) is 0 Å². The molecule has 1 aromatic heterocycles. The number of furan rings is 1. The van der Waals surface area contributed by atoms with Gasteiger partial charge in [-0.15, -0.1) is 0 Å². The monoisotopic (exact) mass is 396 g/mol. The topological polar surface area (TPSA) is 63.0 Å². The summed E-state index contributed by atoms with van der Waals surface area (Å²) in [5, 5.41) is 0. The number of ether oxygens (including phenoxy) is 1. The summed E-state index contributed by atoms with van der Waals surface area (Å²) >= 11 is 0. The number of nitrogens with zero attached hydrogens (tertiary/aromatic N) is 2. The fraction of sp³-hybridized carbons (Fsp3) is 0.478. The van der Waals surface area contributed by atoms with E-state index in [9.17, 15) is 9.59 Å².